The van der Waals surface area contributed by atoms with Gasteiger partial charge in [-0.05, 0) is 0 Å². The molecule has 0 aromatic heterocycles. The molecule has 0 aliphatic rings. The summed E-state index contributed by atoms with van der Waals surface area (Å²) in [6, 6.07) is 0. The van der Waals surface area contributed by atoms with E-state index >= 15 is 0 Å². The van der Waals surface area contributed by atoms with E-state index in [-0.39, 0.29) is 0 Å². The molecule has 0 heterocycles. The third-order valence-electron chi connectivity index (χ3n) is 0.129. The predicted molar refractivity (Wildman–Crippen MR) is 21.5 cm³/mol. The van der Waals surface area contributed by atoms with E-state index < -0.39 is 0 Å². The van der Waals surface area contributed by atoms with Crippen LogP contribution in [0.15, 0.2) is 5.34 Å². The molecule has 0 saturated heterocycles. The Morgan fingerprint density at radius 1 is 1.83 bits per heavy atom. The third-order valence-corrected chi connectivity index (χ3v) is 0.326. The highest BCUT2D eigenvalue weighted by molar-refractivity contribution is 7.93. The Morgan fingerprint density at radius 3 is 2.67 bits per heavy atom. The zero-order chi connectivity index (χ0) is 4.83. The van der Waals surface area contributed by atoms with Gasteiger partial charge in [0.2, 0.25) is 0 Å². The normalized spacial score (nSPS) is 7.50. The summed E-state index contributed by atoms with van der Waals surface area (Å²) >= 11 is 0.910. The lowest BCUT2D eigenvalue weighted by Crippen LogP contribution is -1.69. The van der Waals surface area contributed by atoms with E-state index in [9.17, 15) is 0 Å². The van der Waals surface area contributed by atoms with E-state index in [1.807, 2.05) is 5.34 Å². The highest BCUT2D eigenvalue weighted by atomic mass is 32.2. The van der Waals surface area contributed by atoms with Gasteiger partial charge in [-0.1, -0.05) is 4.33 Å². The van der Waals surface area contributed by atoms with Crippen molar-refractivity contribution in [1.82, 2.24) is 0 Å². The first kappa shape index (κ1) is 5.71. The minimum atomic E-state index is 0.910. The summed E-state index contributed by atoms with van der Waals surface area (Å²) in [4.78, 5) is 12.5. The standard InChI is InChI=1S/CH3NO3S/c1-6-5-4-2-3/h1H3. The number of nitrogens with zero attached hydrogens (tertiary/aromatic N) is 1. The van der Waals surface area contributed by atoms with Crippen molar-refractivity contribution in [2.24, 2.45) is 5.34 Å². The molecule has 0 aromatic rings. The Hall–Kier alpha value is -0.290. The summed E-state index contributed by atoms with van der Waals surface area (Å²) < 4.78 is 3.92. The van der Waals surface area contributed by atoms with Gasteiger partial charge in [-0.15, -0.1) is 4.91 Å². The topological polar surface area (TPSA) is 47.9 Å². The van der Waals surface area contributed by atoms with Gasteiger partial charge in [0.25, 0.3) is 0 Å². The molecule has 0 fully saturated rings. The summed E-state index contributed by atoms with van der Waals surface area (Å²) in [7, 11) is 0. The molecule has 0 spiro atoms. The van der Waals surface area contributed by atoms with Crippen LogP contribution in [0.1, 0.15) is 0 Å². The lowest BCUT2D eigenvalue weighted by atomic mass is 12.0. The second-order valence-electron chi connectivity index (χ2n) is 0.384. The Balaban J connectivity index is 2.49. The maximum Gasteiger partial charge on any atom is 0.191 e. The number of rotatable bonds is 3. The summed E-state index contributed by atoms with van der Waals surface area (Å²) in [5.74, 6) is 0. The van der Waals surface area contributed by atoms with Crippen LogP contribution in [0.3, 0.4) is 0 Å². The quantitative estimate of drug-likeness (QED) is 0.177. The van der Waals surface area contributed by atoms with Crippen LogP contribution in [-0.2, 0) is 9.32 Å². The van der Waals surface area contributed by atoms with Crippen molar-refractivity contribution in [2.45, 2.75) is 0 Å². The Kier molecular flexibility index (Phi) is 4.48. The van der Waals surface area contributed by atoms with E-state index in [4.69, 9.17) is 4.91 Å². The average molecular weight is 109 g/mol. The van der Waals surface area contributed by atoms with Crippen LogP contribution in [0.25, 0.3) is 0 Å². The van der Waals surface area contributed by atoms with Gasteiger partial charge in [-0.25, -0.2) is 0 Å². The molecule has 0 rings (SSSR count). The molecule has 0 amide bonds. The molecule has 0 unspecified atom stereocenters. The molecule has 0 saturated carbocycles. The first-order valence-corrected chi connectivity index (χ1v) is 2.26. The first-order valence-electron chi connectivity index (χ1n) is 1.11. The fourth-order valence-corrected chi connectivity index (χ4v) is 0.129. The van der Waals surface area contributed by atoms with Gasteiger partial charge in [-0.2, -0.15) is 4.99 Å². The summed E-state index contributed by atoms with van der Waals surface area (Å²) in [5.41, 5.74) is 0. The smallest absolute Gasteiger partial charge is 0.168 e. The van der Waals surface area contributed by atoms with Crippen LogP contribution in [0, 0.1) is 4.91 Å². The maximum atomic E-state index is 8.95. The largest absolute Gasteiger partial charge is 0.191 e. The van der Waals surface area contributed by atoms with Crippen molar-refractivity contribution in [3.8, 4) is 0 Å². The zero-order valence-electron chi connectivity index (χ0n) is 3.08. The minimum Gasteiger partial charge on any atom is -0.168 e. The lowest BCUT2D eigenvalue weighted by molar-refractivity contribution is -0.192. The molecule has 0 aliphatic heterocycles. The molecule has 5 heteroatoms. The predicted octanol–water partition coefficient (Wildman–Crippen LogP) is 0.894. The molecule has 0 aromatic carbocycles. The van der Waals surface area contributed by atoms with Gasteiger partial charge < -0.3 is 0 Å². The van der Waals surface area contributed by atoms with Crippen molar-refractivity contribution < 1.29 is 9.32 Å². The monoisotopic (exact) mass is 109 g/mol. The molecule has 0 bridgehead atoms. The summed E-state index contributed by atoms with van der Waals surface area (Å²) in [6.45, 7) is 0. The van der Waals surface area contributed by atoms with Crippen LogP contribution >= 0.6 is 12.0 Å². The molecule has 0 N–H and O–H groups in total. The molecule has 36 valence electrons. The second kappa shape index (κ2) is 4.71. The van der Waals surface area contributed by atoms with Crippen LogP contribution in [0.5, 0.6) is 0 Å². The average Bonchev–Trinajstić information content (AvgIpc) is 1.61. The van der Waals surface area contributed by atoms with Crippen LogP contribution in [-0.4, -0.2) is 6.26 Å². The highest BCUT2D eigenvalue weighted by Crippen LogP contribution is 1.93. The van der Waals surface area contributed by atoms with Gasteiger partial charge in [0.1, 0.15) is 0 Å². The number of hydrogen-bond acceptors (Lipinski definition) is 5. The molecular weight excluding hydrogens is 106 g/mol. The van der Waals surface area contributed by atoms with Gasteiger partial charge >= 0.3 is 0 Å². The van der Waals surface area contributed by atoms with Crippen molar-refractivity contribution in [3.63, 3.8) is 0 Å². The Morgan fingerprint density at radius 2 is 2.50 bits per heavy atom. The highest BCUT2D eigenvalue weighted by Gasteiger charge is 1.73. The van der Waals surface area contributed by atoms with E-state index in [0.717, 1.165) is 12.0 Å². The van der Waals surface area contributed by atoms with Crippen LogP contribution in [0.4, 0.5) is 0 Å². The van der Waals surface area contributed by atoms with Crippen LogP contribution < -0.4 is 0 Å². The minimum absolute atomic E-state index is 0.910. The molecule has 6 heavy (non-hydrogen) atoms. The van der Waals surface area contributed by atoms with Crippen molar-refractivity contribution in [1.29, 1.82) is 0 Å². The van der Waals surface area contributed by atoms with Gasteiger partial charge in [0, 0.05) is 18.3 Å². The number of hydrogen-bond donors (Lipinski definition) is 0. The molecule has 4 nitrogen and oxygen atoms in total. The molecule has 0 atom stereocenters. The molecule has 0 aliphatic carbocycles. The zero-order valence-corrected chi connectivity index (χ0v) is 3.90. The van der Waals surface area contributed by atoms with Gasteiger partial charge in [-0.3, -0.25) is 0 Å². The van der Waals surface area contributed by atoms with E-state index in [1.54, 1.807) is 6.26 Å². The van der Waals surface area contributed by atoms with Crippen LogP contribution in [0.2, 0.25) is 0 Å². The van der Waals surface area contributed by atoms with Gasteiger partial charge in [0.05, 0.1) is 0 Å². The summed E-state index contributed by atoms with van der Waals surface area (Å²) in [6.07, 6.45) is 1.60. The first-order chi connectivity index (χ1) is 2.91. The fraction of sp³-hybridized carbons (Fsp3) is 1.00. The fourth-order valence-electron chi connectivity index (χ4n) is 0.0429. The van der Waals surface area contributed by atoms with Crippen molar-refractivity contribution in [2.75, 3.05) is 6.26 Å². The molecular formula is CH3NO3S. The second-order valence-corrected chi connectivity index (χ2v) is 0.853. The van der Waals surface area contributed by atoms with E-state index in [2.05, 4.69) is 9.32 Å². The third kappa shape index (κ3) is 3.71. The lowest BCUT2D eigenvalue weighted by Gasteiger charge is -1.81. The van der Waals surface area contributed by atoms with E-state index in [0.29, 0.717) is 0 Å². The summed E-state index contributed by atoms with van der Waals surface area (Å²) in [5, 5.41) is 1.93. The van der Waals surface area contributed by atoms with Gasteiger partial charge in [0.15, 0.2) is 5.34 Å². The van der Waals surface area contributed by atoms with E-state index in [1.165, 1.54) is 0 Å². The Bertz CT molecular complexity index is 39.8. The maximum absolute atomic E-state index is 8.95. The SMILES string of the molecule is CSOON=O. The van der Waals surface area contributed by atoms with Crippen molar-refractivity contribution >= 4 is 12.0 Å². The Labute approximate surface area is 38.9 Å². The van der Waals surface area contributed by atoms with Crippen molar-refractivity contribution in [3.05, 3.63) is 4.91 Å². The molecule has 0 radical (unpaired) electrons.